The Labute approximate surface area is 159 Å². The monoisotopic (exact) mass is 367 g/mol. The Morgan fingerprint density at radius 2 is 1.89 bits per heavy atom. The molecule has 4 nitrogen and oxygen atoms in total. The average Bonchev–Trinajstić information content (AvgIpc) is 2.99. The van der Waals surface area contributed by atoms with E-state index in [1.54, 1.807) is 16.9 Å². The van der Waals surface area contributed by atoms with Crippen molar-refractivity contribution in [2.75, 3.05) is 5.32 Å². The molecule has 5 heteroatoms. The molecule has 0 saturated heterocycles. The minimum Gasteiger partial charge on any atom is -0.323 e. The lowest BCUT2D eigenvalue weighted by Gasteiger charge is -2.56. The summed E-state index contributed by atoms with van der Waals surface area (Å²) in [7, 11) is 0. The van der Waals surface area contributed by atoms with E-state index in [-0.39, 0.29) is 17.1 Å². The van der Waals surface area contributed by atoms with Gasteiger partial charge in [0.1, 0.15) is 5.82 Å². The summed E-state index contributed by atoms with van der Waals surface area (Å²) < 4.78 is 15.0. The Morgan fingerprint density at radius 1 is 1.19 bits per heavy atom. The Morgan fingerprint density at radius 3 is 2.56 bits per heavy atom. The first-order chi connectivity index (χ1) is 13.1. The molecule has 1 aromatic heterocycles. The number of aromatic nitrogens is 2. The number of halogens is 1. The highest BCUT2D eigenvalue weighted by Gasteiger charge is 2.51. The zero-order valence-corrected chi connectivity index (χ0v) is 15.5. The molecule has 1 aromatic carbocycles. The molecule has 142 valence electrons. The number of amides is 1. The first-order valence-corrected chi connectivity index (χ1v) is 10.1. The Bertz CT molecular complexity index is 823. The van der Waals surface area contributed by atoms with Crippen molar-refractivity contribution in [3.8, 4) is 0 Å². The summed E-state index contributed by atoms with van der Waals surface area (Å²) in [5, 5.41) is 7.34. The van der Waals surface area contributed by atoms with Crippen LogP contribution in [0.1, 0.15) is 50.5 Å². The van der Waals surface area contributed by atoms with Crippen molar-refractivity contribution in [3.05, 3.63) is 48.0 Å². The van der Waals surface area contributed by atoms with E-state index >= 15 is 0 Å². The third-order valence-corrected chi connectivity index (χ3v) is 6.85. The molecule has 0 unspecified atom stereocenters. The highest BCUT2D eigenvalue weighted by molar-refractivity contribution is 5.90. The number of rotatable bonds is 5. The number of benzene rings is 1. The fraction of sp³-hybridized carbons (Fsp3) is 0.545. The predicted octanol–water partition coefficient (Wildman–Crippen LogP) is 4.62. The molecule has 4 bridgehead atoms. The van der Waals surface area contributed by atoms with E-state index in [9.17, 15) is 9.18 Å². The number of nitrogens with one attached hydrogen (secondary N) is 1. The number of anilines is 1. The van der Waals surface area contributed by atoms with Gasteiger partial charge in [0.15, 0.2) is 0 Å². The van der Waals surface area contributed by atoms with Crippen LogP contribution in [0.2, 0.25) is 0 Å². The van der Waals surface area contributed by atoms with Gasteiger partial charge in [-0.05, 0) is 79.4 Å². The zero-order chi connectivity index (χ0) is 18.4. The highest BCUT2D eigenvalue weighted by Crippen LogP contribution is 2.61. The summed E-state index contributed by atoms with van der Waals surface area (Å²) in [5.41, 5.74) is 1.82. The Kier molecular flexibility index (Phi) is 4.06. The molecule has 1 N–H and O–H groups in total. The molecule has 0 aliphatic heterocycles. The van der Waals surface area contributed by atoms with Crippen molar-refractivity contribution in [2.24, 2.45) is 23.2 Å². The van der Waals surface area contributed by atoms with Crippen LogP contribution in [0.5, 0.6) is 0 Å². The largest absolute Gasteiger partial charge is 0.323 e. The van der Waals surface area contributed by atoms with Crippen LogP contribution in [0.15, 0.2) is 36.7 Å². The summed E-state index contributed by atoms with van der Waals surface area (Å²) in [5.74, 6) is 2.44. The predicted molar refractivity (Wildman–Crippen MR) is 102 cm³/mol. The van der Waals surface area contributed by atoms with Crippen LogP contribution in [0.4, 0.5) is 10.1 Å². The molecule has 6 rings (SSSR count). The van der Waals surface area contributed by atoms with Gasteiger partial charge < -0.3 is 5.32 Å². The molecular formula is C22H26FN3O. The quantitative estimate of drug-likeness (QED) is 0.838. The van der Waals surface area contributed by atoms with E-state index in [1.165, 1.54) is 50.7 Å². The summed E-state index contributed by atoms with van der Waals surface area (Å²) in [4.78, 5) is 12.7. The van der Waals surface area contributed by atoms with Gasteiger partial charge in [-0.3, -0.25) is 9.48 Å². The summed E-state index contributed by atoms with van der Waals surface area (Å²) in [6.07, 6.45) is 12.1. The van der Waals surface area contributed by atoms with E-state index in [0.29, 0.717) is 13.0 Å². The van der Waals surface area contributed by atoms with Gasteiger partial charge in [0.2, 0.25) is 5.91 Å². The van der Waals surface area contributed by atoms with Crippen molar-refractivity contribution in [2.45, 2.75) is 51.5 Å². The minimum absolute atomic E-state index is 0.113. The van der Waals surface area contributed by atoms with Gasteiger partial charge in [0, 0.05) is 12.6 Å². The van der Waals surface area contributed by atoms with E-state index in [0.717, 1.165) is 29.0 Å². The van der Waals surface area contributed by atoms with Crippen molar-refractivity contribution < 1.29 is 9.18 Å². The lowest BCUT2D eigenvalue weighted by molar-refractivity contribution is -0.124. The van der Waals surface area contributed by atoms with E-state index in [2.05, 4.69) is 10.4 Å². The van der Waals surface area contributed by atoms with Gasteiger partial charge in [0.25, 0.3) is 0 Å². The molecule has 0 radical (unpaired) electrons. The number of nitrogens with zero attached hydrogens (tertiary/aromatic N) is 2. The summed E-state index contributed by atoms with van der Waals surface area (Å²) in [6, 6.07) is 6.51. The normalized spacial score (nSPS) is 31.2. The molecule has 1 amide bonds. The van der Waals surface area contributed by atoms with Crippen LogP contribution < -0.4 is 5.32 Å². The van der Waals surface area contributed by atoms with Crippen molar-refractivity contribution in [1.29, 1.82) is 0 Å². The first kappa shape index (κ1) is 17.0. The lowest BCUT2D eigenvalue weighted by Crippen LogP contribution is -2.47. The zero-order valence-electron chi connectivity index (χ0n) is 15.5. The van der Waals surface area contributed by atoms with E-state index in [4.69, 9.17) is 0 Å². The molecule has 27 heavy (non-hydrogen) atoms. The number of carbonyl (C=O) groups excluding carboxylic acids is 1. The van der Waals surface area contributed by atoms with Crippen molar-refractivity contribution in [1.82, 2.24) is 9.78 Å². The lowest BCUT2D eigenvalue weighted by atomic mass is 9.49. The molecule has 4 saturated carbocycles. The maximum absolute atomic E-state index is 13.3. The average molecular weight is 367 g/mol. The number of carbonyl (C=O) groups is 1. The molecule has 1 heterocycles. The van der Waals surface area contributed by atoms with Gasteiger partial charge in [-0.2, -0.15) is 5.10 Å². The van der Waals surface area contributed by atoms with Gasteiger partial charge >= 0.3 is 0 Å². The molecule has 2 aromatic rings. The van der Waals surface area contributed by atoms with Gasteiger partial charge in [0.05, 0.1) is 18.4 Å². The number of hydrogen-bond acceptors (Lipinski definition) is 2. The third kappa shape index (κ3) is 3.52. The SMILES string of the molecule is O=C(CC12CC3CC(CC(C3)C1)C2)Nc1cnn(Cc2cccc(F)c2)c1. The van der Waals surface area contributed by atoms with Crippen LogP contribution >= 0.6 is 0 Å². The van der Waals surface area contributed by atoms with E-state index in [1.807, 2.05) is 12.3 Å². The molecule has 0 spiro atoms. The second-order valence-electron chi connectivity index (χ2n) is 9.20. The fourth-order valence-corrected chi connectivity index (χ4v) is 6.39. The molecule has 4 fully saturated rings. The topological polar surface area (TPSA) is 46.9 Å². The standard InChI is InChI=1S/C22H26FN3O/c23-19-3-1-2-15(7-19)13-26-14-20(12-24-26)25-21(27)11-22-8-16-4-17(9-22)6-18(5-16)10-22/h1-3,7,12,14,16-18H,4-6,8-11,13H2,(H,25,27). The molecule has 0 atom stereocenters. The summed E-state index contributed by atoms with van der Waals surface area (Å²) >= 11 is 0. The second kappa shape index (κ2) is 6.47. The van der Waals surface area contributed by atoms with Crippen LogP contribution in [0.25, 0.3) is 0 Å². The van der Waals surface area contributed by atoms with Gasteiger partial charge in [-0.25, -0.2) is 4.39 Å². The maximum atomic E-state index is 13.3. The summed E-state index contributed by atoms with van der Waals surface area (Å²) in [6.45, 7) is 0.489. The van der Waals surface area contributed by atoms with E-state index < -0.39 is 0 Å². The van der Waals surface area contributed by atoms with Crippen LogP contribution in [0.3, 0.4) is 0 Å². The van der Waals surface area contributed by atoms with Crippen LogP contribution in [-0.2, 0) is 11.3 Å². The van der Waals surface area contributed by atoms with Gasteiger partial charge in [-0.1, -0.05) is 12.1 Å². The maximum Gasteiger partial charge on any atom is 0.225 e. The first-order valence-electron chi connectivity index (χ1n) is 10.1. The second-order valence-corrected chi connectivity index (χ2v) is 9.20. The van der Waals surface area contributed by atoms with Crippen LogP contribution in [-0.4, -0.2) is 15.7 Å². The highest BCUT2D eigenvalue weighted by atomic mass is 19.1. The smallest absolute Gasteiger partial charge is 0.225 e. The van der Waals surface area contributed by atoms with Crippen molar-refractivity contribution >= 4 is 11.6 Å². The minimum atomic E-state index is -0.247. The fourth-order valence-electron chi connectivity index (χ4n) is 6.39. The van der Waals surface area contributed by atoms with Crippen LogP contribution in [0, 0.1) is 29.0 Å². The molecular weight excluding hydrogens is 341 g/mol. The molecule has 4 aliphatic carbocycles. The Hall–Kier alpha value is -2.17. The van der Waals surface area contributed by atoms with Gasteiger partial charge in [-0.15, -0.1) is 0 Å². The Balaban J connectivity index is 1.21. The van der Waals surface area contributed by atoms with Crippen molar-refractivity contribution in [3.63, 3.8) is 0 Å². The molecule has 4 aliphatic rings. The number of hydrogen-bond donors (Lipinski definition) is 1. The third-order valence-electron chi connectivity index (χ3n) is 6.85.